The van der Waals surface area contributed by atoms with Crippen molar-refractivity contribution >= 4 is 33.6 Å². The summed E-state index contributed by atoms with van der Waals surface area (Å²) >= 11 is 0.810. The Bertz CT molecular complexity index is 679. The molecule has 0 bridgehead atoms. The van der Waals surface area contributed by atoms with Crippen molar-refractivity contribution in [2.75, 3.05) is 10.2 Å². The van der Waals surface area contributed by atoms with Gasteiger partial charge in [0, 0.05) is 6.04 Å². The summed E-state index contributed by atoms with van der Waals surface area (Å²) in [5.74, 6) is -0.583. The van der Waals surface area contributed by atoms with E-state index in [9.17, 15) is 13.2 Å². The van der Waals surface area contributed by atoms with E-state index in [2.05, 4.69) is 0 Å². The molecule has 0 aliphatic carbocycles. The zero-order chi connectivity index (χ0) is 14.9. The number of fused-ring (bicyclic) bond motifs is 1. The SMILES string of the molecule is CC(C)N1C(=O)c2ccccc2N(CSC#N)S1(=O)=O. The molecule has 106 valence electrons. The minimum absolute atomic E-state index is 0.0493. The third-order valence-corrected chi connectivity index (χ3v) is 5.49. The van der Waals surface area contributed by atoms with Gasteiger partial charge in [-0.15, -0.1) is 0 Å². The standard InChI is InChI=1S/C12H13N3O3S2/c1-9(2)15-12(16)10-5-3-4-6-11(10)14(8-19-7-13)20(15,17)18/h3-6,9H,8H2,1-2H3. The third kappa shape index (κ3) is 2.23. The number of anilines is 1. The predicted octanol–water partition coefficient (Wildman–Crippen LogP) is 1.77. The lowest BCUT2D eigenvalue weighted by molar-refractivity contribution is 0.0831. The highest BCUT2D eigenvalue weighted by Gasteiger charge is 2.42. The van der Waals surface area contributed by atoms with Crippen molar-refractivity contribution in [3.8, 4) is 5.40 Å². The van der Waals surface area contributed by atoms with Crippen molar-refractivity contribution in [3.63, 3.8) is 0 Å². The fourth-order valence-corrected chi connectivity index (χ4v) is 4.52. The molecule has 0 aromatic heterocycles. The molecule has 8 heteroatoms. The second-order valence-corrected chi connectivity index (χ2v) is 6.89. The lowest BCUT2D eigenvalue weighted by Crippen LogP contribution is -2.53. The molecule has 0 unspecified atom stereocenters. The molecule has 1 aliphatic heterocycles. The Morgan fingerprint density at radius 2 is 2.00 bits per heavy atom. The van der Waals surface area contributed by atoms with Gasteiger partial charge in [-0.3, -0.25) is 4.79 Å². The van der Waals surface area contributed by atoms with Crippen LogP contribution in [0.15, 0.2) is 24.3 Å². The summed E-state index contributed by atoms with van der Waals surface area (Å²) < 4.78 is 27.0. The summed E-state index contributed by atoms with van der Waals surface area (Å²) in [6.07, 6.45) is 0. The van der Waals surface area contributed by atoms with Crippen LogP contribution in [0.4, 0.5) is 5.69 Å². The van der Waals surface area contributed by atoms with E-state index in [1.165, 1.54) is 0 Å². The molecule has 20 heavy (non-hydrogen) atoms. The van der Waals surface area contributed by atoms with E-state index in [1.54, 1.807) is 38.1 Å². The molecule has 1 aliphatic rings. The molecule has 2 rings (SSSR count). The van der Waals surface area contributed by atoms with Crippen LogP contribution in [0.5, 0.6) is 0 Å². The van der Waals surface area contributed by atoms with Gasteiger partial charge in [0.1, 0.15) is 5.40 Å². The lowest BCUT2D eigenvalue weighted by atomic mass is 10.1. The van der Waals surface area contributed by atoms with Crippen molar-refractivity contribution < 1.29 is 13.2 Å². The first kappa shape index (κ1) is 14.7. The Hall–Kier alpha value is -1.72. The molecule has 0 N–H and O–H groups in total. The Kier molecular flexibility index (Phi) is 3.92. The van der Waals surface area contributed by atoms with Gasteiger partial charge in [-0.25, -0.2) is 8.61 Å². The summed E-state index contributed by atoms with van der Waals surface area (Å²) in [6, 6.07) is 6.02. The number of carbonyl (C=O) groups is 1. The highest BCUT2D eigenvalue weighted by Crippen LogP contribution is 2.34. The number of hydrogen-bond acceptors (Lipinski definition) is 5. The highest BCUT2D eigenvalue weighted by atomic mass is 32.2. The Balaban J connectivity index is 2.63. The number of hydrogen-bond donors (Lipinski definition) is 0. The molecular formula is C12H13N3O3S2. The van der Waals surface area contributed by atoms with E-state index in [4.69, 9.17) is 5.26 Å². The van der Waals surface area contributed by atoms with Gasteiger partial charge in [-0.05, 0) is 37.7 Å². The number of thioether (sulfide) groups is 1. The zero-order valence-electron chi connectivity index (χ0n) is 11.0. The van der Waals surface area contributed by atoms with Crippen molar-refractivity contribution in [2.24, 2.45) is 0 Å². The molecule has 6 nitrogen and oxygen atoms in total. The Morgan fingerprint density at radius 1 is 1.35 bits per heavy atom. The van der Waals surface area contributed by atoms with Gasteiger partial charge in [-0.1, -0.05) is 12.1 Å². The minimum Gasteiger partial charge on any atom is -0.268 e. The van der Waals surface area contributed by atoms with Crippen LogP contribution in [0, 0.1) is 10.7 Å². The van der Waals surface area contributed by atoms with Gasteiger partial charge in [0.25, 0.3) is 5.91 Å². The lowest BCUT2D eigenvalue weighted by Gasteiger charge is -2.38. The summed E-state index contributed by atoms with van der Waals surface area (Å²) in [7, 11) is -3.95. The van der Waals surface area contributed by atoms with Crippen molar-refractivity contribution in [3.05, 3.63) is 29.8 Å². The minimum atomic E-state index is -3.95. The largest absolute Gasteiger partial charge is 0.329 e. The molecule has 0 saturated heterocycles. The summed E-state index contributed by atoms with van der Waals surface area (Å²) in [4.78, 5) is 12.3. The van der Waals surface area contributed by atoms with Gasteiger partial charge in [0.15, 0.2) is 0 Å². The van der Waals surface area contributed by atoms with Gasteiger partial charge in [0.2, 0.25) is 0 Å². The predicted molar refractivity (Wildman–Crippen MR) is 77.2 cm³/mol. The van der Waals surface area contributed by atoms with E-state index < -0.39 is 22.2 Å². The molecule has 1 amide bonds. The van der Waals surface area contributed by atoms with Crippen LogP contribution in [0.2, 0.25) is 0 Å². The summed E-state index contributed by atoms with van der Waals surface area (Å²) in [6.45, 7) is 3.28. The molecule has 0 radical (unpaired) electrons. The van der Waals surface area contributed by atoms with Crippen LogP contribution in [-0.4, -0.2) is 30.5 Å². The van der Waals surface area contributed by atoms with Crippen LogP contribution in [0.25, 0.3) is 0 Å². The van der Waals surface area contributed by atoms with Crippen LogP contribution in [-0.2, 0) is 10.2 Å². The molecule has 0 spiro atoms. The molecule has 1 heterocycles. The number of nitrogens with zero attached hydrogens (tertiary/aromatic N) is 3. The molecular weight excluding hydrogens is 298 g/mol. The maximum absolute atomic E-state index is 12.5. The number of thiocyanates is 1. The van der Waals surface area contributed by atoms with Crippen molar-refractivity contribution in [2.45, 2.75) is 19.9 Å². The Morgan fingerprint density at radius 3 is 2.60 bits per heavy atom. The van der Waals surface area contributed by atoms with E-state index in [1.807, 2.05) is 5.40 Å². The number of nitriles is 1. The number of para-hydroxylation sites is 1. The van der Waals surface area contributed by atoms with Crippen LogP contribution < -0.4 is 4.31 Å². The maximum Gasteiger partial charge on any atom is 0.329 e. The van der Waals surface area contributed by atoms with E-state index in [0.717, 1.165) is 20.4 Å². The molecule has 0 fully saturated rings. The van der Waals surface area contributed by atoms with Crippen molar-refractivity contribution in [1.29, 1.82) is 5.26 Å². The van der Waals surface area contributed by atoms with Crippen molar-refractivity contribution in [1.82, 2.24) is 4.31 Å². The van der Waals surface area contributed by atoms with E-state index in [0.29, 0.717) is 11.3 Å². The number of rotatable bonds is 3. The van der Waals surface area contributed by atoms with Gasteiger partial charge in [-0.2, -0.15) is 13.7 Å². The fourth-order valence-electron chi connectivity index (χ4n) is 2.05. The second kappa shape index (κ2) is 5.34. The highest BCUT2D eigenvalue weighted by molar-refractivity contribution is 8.04. The Labute approximate surface area is 122 Å². The third-order valence-electron chi connectivity index (χ3n) is 2.85. The van der Waals surface area contributed by atoms with E-state index in [-0.39, 0.29) is 5.88 Å². The maximum atomic E-state index is 12.5. The summed E-state index contributed by atoms with van der Waals surface area (Å²) in [5.41, 5.74) is 0.645. The topological polar surface area (TPSA) is 81.5 Å². The smallest absolute Gasteiger partial charge is 0.268 e. The molecule has 0 atom stereocenters. The van der Waals surface area contributed by atoms with Gasteiger partial charge < -0.3 is 0 Å². The molecule has 1 aromatic carbocycles. The average Bonchev–Trinajstić information content (AvgIpc) is 2.37. The number of amides is 1. The van der Waals surface area contributed by atoms with Crippen LogP contribution in [0.1, 0.15) is 24.2 Å². The van der Waals surface area contributed by atoms with Gasteiger partial charge >= 0.3 is 10.2 Å². The first-order chi connectivity index (χ1) is 9.41. The number of benzene rings is 1. The average molecular weight is 311 g/mol. The summed E-state index contributed by atoms with van der Waals surface area (Å²) in [5, 5.41) is 10.5. The molecule has 0 saturated carbocycles. The number of carbonyl (C=O) groups excluding carboxylic acids is 1. The fraction of sp³-hybridized carbons (Fsp3) is 0.333. The monoisotopic (exact) mass is 311 g/mol. The first-order valence-electron chi connectivity index (χ1n) is 5.87. The quantitative estimate of drug-likeness (QED) is 0.795. The molecule has 1 aromatic rings. The van der Waals surface area contributed by atoms with Crippen LogP contribution >= 0.6 is 11.8 Å². The van der Waals surface area contributed by atoms with E-state index >= 15 is 0 Å². The van der Waals surface area contributed by atoms with Crippen LogP contribution in [0.3, 0.4) is 0 Å². The normalized spacial score (nSPS) is 17.0. The zero-order valence-corrected chi connectivity index (χ0v) is 12.6. The first-order valence-corrected chi connectivity index (χ1v) is 8.26. The van der Waals surface area contributed by atoms with Gasteiger partial charge in [0.05, 0.1) is 17.1 Å². The second-order valence-electron chi connectivity index (χ2n) is 4.43.